The highest BCUT2D eigenvalue weighted by molar-refractivity contribution is 5.90. The van der Waals surface area contributed by atoms with Gasteiger partial charge < -0.3 is 9.72 Å². The summed E-state index contributed by atoms with van der Waals surface area (Å²) in [6, 6.07) is 12.1. The van der Waals surface area contributed by atoms with Gasteiger partial charge in [0.2, 0.25) is 5.91 Å². The van der Waals surface area contributed by atoms with Crippen LogP contribution in [0.1, 0.15) is 28.9 Å². The molecule has 2 aromatic heterocycles. The van der Waals surface area contributed by atoms with Gasteiger partial charge in [0.15, 0.2) is 0 Å². The molecule has 0 fully saturated rings. The highest BCUT2D eigenvalue weighted by Gasteiger charge is 2.07. The van der Waals surface area contributed by atoms with E-state index in [0.717, 1.165) is 29.1 Å². The lowest BCUT2D eigenvalue weighted by Gasteiger charge is -2.07. The second kappa shape index (κ2) is 6.24. The summed E-state index contributed by atoms with van der Waals surface area (Å²) in [7, 11) is 0. The van der Waals surface area contributed by atoms with Gasteiger partial charge in [0.05, 0.1) is 11.4 Å². The number of aromatic nitrogens is 2. The largest absolute Gasteiger partial charge is 0.325 e. The Kier molecular flexibility index (Phi) is 4.15. The zero-order valence-corrected chi connectivity index (χ0v) is 13.8. The summed E-state index contributed by atoms with van der Waals surface area (Å²) in [6.45, 7) is 6.08. The van der Waals surface area contributed by atoms with Crippen LogP contribution in [0.2, 0.25) is 0 Å². The maximum Gasteiger partial charge on any atom is 0.224 e. The van der Waals surface area contributed by atoms with E-state index in [1.165, 1.54) is 11.1 Å². The van der Waals surface area contributed by atoms with E-state index in [0.29, 0.717) is 6.42 Å². The molecule has 0 unspecified atom stereocenters. The Balaban J connectivity index is 1.65. The minimum Gasteiger partial charge on any atom is -0.325 e. The van der Waals surface area contributed by atoms with E-state index in [9.17, 15) is 4.79 Å². The lowest BCUT2D eigenvalue weighted by Crippen LogP contribution is -2.12. The lowest BCUT2D eigenvalue weighted by atomic mass is 10.1. The molecule has 0 aliphatic rings. The van der Waals surface area contributed by atoms with Gasteiger partial charge >= 0.3 is 0 Å². The van der Waals surface area contributed by atoms with Crippen LogP contribution in [0.4, 0.5) is 5.69 Å². The minimum atomic E-state index is 0.0272. The first kappa shape index (κ1) is 15.3. The van der Waals surface area contributed by atoms with Gasteiger partial charge in [-0.2, -0.15) is 0 Å². The molecule has 4 heteroatoms. The van der Waals surface area contributed by atoms with Gasteiger partial charge in [-0.15, -0.1) is 0 Å². The minimum absolute atomic E-state index is 0.0272. The lowest BCUT2D eigenvalue weighted by molar-refractivity contribution is -0.116. The fourth-order valence-corrected chi connectivity index (χ4v) is 2.59. The smallest absolute Gasteiger partial charge is 0.224 e. The van der Waals surface area contributed by atoms with Crippen molar-refractivity contribution in [1.29, 1.82) is 0 Å². The third-order valence-corrected chi connectivity index (χ3v) is 4.14. The van der Waals surface area contributed by atoms with E-state index in [4.69, 9.17) is 0 Å². The number of hydrogen-bond acceptors (Lipinski definition) is 2. The van der Waals surface area contributed by atoms with E-state index in [2.05, 4.69) is 41.5 Å². The van der Waals surface area contributed by atoms with Crippen LogP contribution in [0.25, 0.3) is 5.65 Å². The monoisotopic (exact) mass is 307 g/mol. The topological polar surface area (TPSA) is 46.4 Å². The Morgan fingerprint density at radius 1 is 1.09 bits per heavy atom. The molecule has 4 nitrogen and oxygen atoms in total. The summed E-state index contributed by atoms with van der Waals surface area (Å²) in [5.74, 6) is 0.0272. The first-order valence-electron chi connectivity index (χ1n) is 7.83. The molecule has 0 atom stereocenters. The van der Waals surface area contributed by atoms with Crippen molar-refractivity contribution in [2.75, 3.05) is 5.32 Å². The highest BCUT2D eigenvalue weighted by atomic mass is 16.1. The summed E-state index contributed by atoms with van der Waals surface area (Å²) in [5, 5.41) is 2.96. The number of fused-ring (bicyclic) bond motifs is 1. The molecule has 0 aliphatic heterocycles. The number of carbonyl (C=O) groups is 1. The zero-order valence-electron chi connectivity index (χ0n) is 13.8. The molecule has 1 amide bonds. The van der Waals surface area contributed by atoms with E-state index in [-0.39, 0.29) is 5.91 Å². The molecular formula is C19H21N3O. The van der Waals surface area contributed by atoms with Crippen LogP contribution in [0.3, 0.4) is 0 Å². The fraction of sp³-hybridized carbons (Fsp3) is 0.263. The number of aryl methyl sites for hydroxylation is 4. The molecule has 2 heterocycles. The van der Waals surface area contributed by atoms with Gasteiger partial charge in [-0.05, 0) is 44.9 Å². The van der Waals surface area contributed by atoms with Crippen LogP contribution in [-0.2, 0) is 11.2 Å². The van der Waals surface area contributed by atoms with Crippen LogP contribution in [-0.4, -0.2) is 15.3 Å². The summed E-state index contributed by atoms with van der Waals surface area (Å²) >= 11 is 0. The number of amides is 1. The van der Waals surface area contributed by atoms with Gasteiger partial charge in [0.1, 0.15) is 5.65 Å². The SMILES string of the molecule is Cc1ccc(CCC(=O)Nc2ccc3nc(C)c(C)n3c2)cc1. The first-order chi connectivity index (χ1) is 11.0. The van der Waals surface area contributed by atoms with Crippen molar-refractivity contribution in [3.63, 3.8) is 0 Å². The second-order valence-electron chi connectivity index (χ2n) is 5.96. The molecule has 1 aromatic carbocycles. The number of rotatable bonds is 4. The van der Waals surface area contributed by atoms with E-state index < -0.39 is 0 Å². The van der Waals surface area contributed by atoms with Crippen LogP contribution >= 0.6 is 0 Å². The molecule has 118 valence electrons. The molecule has 23 heavy (non-hydrogen) atoms. The molecule has 1 N–H and O–H groups in total. The summed E-state index contributed by atoms with van der Waals surface area (Å²) in [6.07, 6.45) is 3.15. The Hall–Kier alpha value is -2.62. The molecule has 0 aliphatic carbocycles. The number of hydrogen-bond donors (Lipinski definition) is 1. The Morgan fingerprint density at radius 3 is 2.57 bits per heavy atom. The van der Waals surface area contributed by atoms with Crippen molar-refractivity contribution in [2.24, 2.45) is 0 Å². The average Bonchev–Trinajstić information content (AvgIpc) is 2.82. The molecule has 0 spiro atoms. The fourth-order valence-electron chi connectivity index (χ4n) is 2.59. The van der Waals surface area contributed by atoms with Crippen LogP contribution in [0.15, 0.2) is 42.6 Å². The molecule has 0 saturated carbocycles. The second-order valence-corrected chi connectivity index (χ2v) is 5.96. The van der Waals surface area contributed by atoms with E-state index in [1.807, 2.05) is 36.6 Å². The van der Waals surface area contributed by atoms with Gasteiger partial charge in [-0.1, -0.05) is 29.8 Å². The number of benzene rings is 1. The van der Waals surface area contributed by atoms with E-state index >= 15 is 0 Å². The van der Waals surface area contributed by atoms with Crippen LogP contribution in [0.5, 0.6) is 0 Å². The number of pyridine rings is 1. The van der Waals surface area contributed by atoms with Gasteiger partial charge in [0, 0.05) is 18.3 Å². The van der Waals surface area contributed by atoms with Crippen LogP contribution < -0.4 is 5.32 Å². The predicted octanol–water partition coefficient (Wildman–Crippen LogP) is 3.83. The standard InChI is InChI=1S/C19H21N3O/c1-13-4-6-16(7-5-13)8-11-19(23)21-17-9-10-18-20-14(2)15(3)22(18)12-17/h4-7,9-10,12H,8,11H2,1-3H3,(H,21,23). The number of nitrogens with zero attached hydrogens (tertiary/aromatic N) is 2. The maximum atomic E-state index is 12.1. The summed E-state index contributed by atoms with van der Waals surface area (Å²) in [5.41, 5.74) is 6.22. The summed E-state index contributed by atoms with van der Waals surface area (Å²) < 4.78 is 2.00. The Morgan fingerprint density at radius 2 is 1.83 bits per heavy atom. The van der Waals surface area contributed by atoms with Crippen molar-refractivity contribution < 1.29 is 4.79 Å². The van der Waals surface area contributed by atoms with Gasteiger partial charge in [0.25, 0.3) is 0 Å². The third kappa shape index (κ3) is 3.42. The van der Waals surface area contributed by atoms with Crippen molar-refractivity contribution in [3.8, 4) is 0 Å². The molecule has 0 bridgehead atoms. The number of nitrogens with one attached hydrogen (secondary N) is 1. The zero-order chi connectivity index (χ0) is 16.4. The molecular weight excluding hydrogens is 286 g/mol. The summed E-state index contributed by atoms with van der Waals surface area (Å²) in [4.78, 5) is 16.6. The average molecular weight is 307 g/mol. The molecule has 3 aromatic rings. The predicted molar refractivity (Wildman–Crippen MR) is 92.8 cm³/mol. The molecule has 3 rings (SSSR count). The third-order valence-electron chi connectivity index (χ3n) is 4.14. The van der Waals surface area contributed by atoms with Gasteiger partial charge in [-0.25, -0.2) is 4.98 Å². The Labute approximate surface area is 136 Å². The molecule has 0 saturated heterocycles. The van der Waals surface area contributed by atoms with Crippen LogP contribution in [0, 0.1) is 20.8 Å². The van der Waals surface area contributed by atoms with Crippen molar-refractivity contribution in [2.45, 2.75) is 33.6 Å². The highest BCUT2D eigenvalue weighted by Crippen LogP contribution is 2.16. The Bertz CT molecular complexity index is 847. The van der Waals surface area contributed by atoms with Crippen molar-refractivity contribution in [1.82, 2.24) is 9.38 Å². The first-order valence-corrected chi connectivity index (χ1v) is 7.83. The van der Waals surface area contributed by atoms with E-state index in [1.54, 1.807) is 0 Å². The maximum absolute atomic E-state index is 12.1. The number of imidazole rings is 1. The van der Waals surface area contributed by atoms with Crippen molar-refractivity contribution >= 4 is 17.2 Å². The number of anilines is 1. The number of carbonyl (C=O) groups excluding carboxylic acids is 1. The normalized spacial score (nSPS) is 10.9. The van der Waals surface area contributed by atoms with Crippen molar-refractivity contribution in [3.05, 3.63) is 65.1 Å². The molecule has 0 radical (unpaired) electrons. The van der Waals surface area contributed by atoms with Gasteiger partial charge in [-0.3, -0.25) is 4.79 Å². The quantitative estimate of drug-likeness (QED) is 0.796.